The van der Waals surface area contributed by atoms with Crippen molar-refractivity contribution in [1.29, 1.82) is 0 Å². The van der Waals surface area contributed by atoms with Crippen molar-refractivity contribution in [2.75, 3.05) is 5.32 Å². The lowest BCUT2D eigenvalue weighted by molar-refractivity contribution is -0.122. The van der Waals surface area contributed by atoms with Gasteiger partial charge in [0.25, 0.3) is 5.91 Å². The number of amides is 1. The Hall–Kier alpha value is -2.80. The number of halogens is 3. The summed E-state index contributed by atoms with van der Waals surface area (Å²) in [6.07, 6.45) is -1.00. The van der Waals surface area contributed by atoms with E-state index in [2.05, 4.69) is 21.2 Å². The van der Waals surface area contributed by atoms with Crippen LogP contribution in [0.25, 0.3) is 22.3 Å². The molecule has 0 spiro atoms. The number of ether oxygens (including phenoxy) is 1. The van der Waals surface area contributed by atoms with E-state index in [-0.39, 0.29) is 16.9 Å². The predicted molar refractivity (Wildman–Crippen MR) is 131 cm³/mol. The van der Waals surface area contributed by atoms with Gasteiger partial charge in [-0.3, -0.25) is 9.59 Å². The molecular formula is C24H16BrCl2NO4. The molecule has 1 heterocycles. The van der Waals surface area contributed by atoms with Crippen molar-refractivity contribution < 1.29 is 13.9 Å². The van der Waals surface area contributed by atoms with Crippen molar-refractivity contribution in [1.82, 2.24) is 0 Å². The molecule has 4 rings (SSSR count). The van der Waals surface area contributed by atoms with Gasteiger partial charge in [0, 0.05) is 20.7 Å². The second-order valence-electron chi connectivity index (χ2n) is 6.97. The van der Waals surface area contributed by atoms with E-state index in [1.165, 1.54) is 6.07 Å². The number of hydrogen-bond acceptors (Lipinski definition) is 4. The molecule has 1 N–H and O–H groups in total. The third kappa shape index (κ3) is 4.67. The summed E-state index contributed by atoms with van der Waals surface area (Å²) in [6, 6.07) is 18.7. The molecule has 8 heteroatoms. The number of carbonyl (C=O) groups is 1. The summed E-state index contributed by atoms with van der Waals surface area (Å²) in [7, 11) is 0. The van der Waals surface area contributed by atoms with Gasteiger partial charge in [0.15, 0.2) is 11.9 Å². The number of carbonyl (C=O) groups excluding carboxylic acids is 1. The Labute approximate surface area is 202 Å². The standard InChI is InChI=1S/C24H16BrCl2NO4/c1-13(24(30)28-16-9-6-14(25)7-10-16)31-23-21(29)18-12-15(26)8-11-20(18)32-22(23)17-4-2-3-5-19(17)27/h2-13H,1H3,(H,28,30). The molecule has 0 fully saturated rings. The topological polar surface area (TPSA) is 68.5 Å². The Kier molecular flexibility index (Phi) is 6.55. The van der Waals surface area contributed by atoms with Gasteiger partial charge in [-0.2, -0.15) is 0 Å². The molecule has 1 atom stereocenters. The largest absolute Gasteiger partial charge is 0.473 e. The van der Waals surface area contributed by atoms with Crippen LogP contribution >= 0.6 is 39.1 Å². The van der Waals surface area contributed by atoms with E-state index in [1.807, 2.05) is 0 Å². The first kappa shape index (κ1) is 22.4. The minimum Gasteiger partial charge on any atom is -0.473 e. The first-order valence-corrected chi connectivity index (χ1v) is 11.1. The number of anilines is 1. The number of nitrogens with one attached hydrogen (secondary N) is 1. The van der Waals surface area contributed by atoms with Crippen LogP contribution in [0.5, 0.6) is 5.75 Å². The van der Waals surface area contributed by atoms with E-state index >= 15 is 0 Å². The fraction of sp³-hybridized carbons (Fsp3) is 0.0833. The van der Waals surface area contributed by atoms with Gasteiger partial charge in [0.2, 0.25) is 11.2 Å². The van der Waals surface area contributed by atoms with Crippen molar-refractivity contribution >= 4 is 61.7 Å². The molecule has 0 radical (unpaired) electrons. The third-order valence-corrected chi connectivity index (χ3v) is 5.80. The van der Waals surface area contributed by atoms with Crippen molar-refractivity contribution in [3.63, 3.8) is 0 Å². The zero-order valence-corrected chi connectivity index (χ0v) is 19.8. The molecule has 0 bridgehead atoms. The van der Waals surface area contributed by atoms with Crippen LogP contribution in [0.1, 0.15) is 6.92 Å². The number of hydrogen-bond donors (Lipinski definition) is 1. The fourth-order valence-electron chi connectivity index (χ4n) is 3.09. The van der Waals surface area contributed by atoms with Gasteiger partial charge in [-0.05, 0) is 61.5 Å². The lowest BCUT2D eigenvalue weighted by Crippen LogP contribution is -2.31. The van der Waals surface area contributed by atoms with Gasteiger partial charge < -0.3 is 14.5 Å². The van der Waals surface area contributed by atoms with Crippen molar-refractivity contribution in [2.45, 2.75) is 13.0 Å². The van der Waals surface area contributed by atoms with Crippen LogP contribution in [-0.2, 0) is 4.79 Å². The van der Waals surface area contributed by atoms with Crippen molar-refractivity contribution in [2.24, 2.45) is 0 Å². The monoisotopic (exact) mass is 531 g/mol. The Morgan fingerprint density at radius 3 is 2.50 bits per heavy atom. The maximum absolute atomic E-state index is 13.3. The number of fused-ring (bicyclic) bond motifs is 1. The highest BCUT2D eigenvalue weighted by atomic mass is 79.9. The second kappa shape index (κ2) is 9.36. The molecular weight excluding hydrogens is 517 g/mol. The summed E-state index contributed by atoms with van der Waals surface area (Å²) in [5.74, 6) is -0.409. The second-order valence-corrected chi connectivity index (χ2v) is 8.73. The molecule has 1 amide bonds. The molecule has 0 aliphatic carbocycles. The number of rotatable bonds is 5. The van der Waals surface area contributed by atoms with Crippen LogP contribution in [0.15, 0.2) is 80.4 Å². The summed E-state index contributed by atoms with van der Waals surface area (Å²) in [5, 5.41) is 3.75. The highest BCUT2D eigenvalue weighted by Crippen LogP contribution is 2.36. The van der Waals surface area contributed by atoms with Crippen molar-refractivity contribution in [3.05, 3.63) is 91.5 Å². The quantitative estimate of drug-likeness (QED) is 0.302. The van der Waals surface area contributed by atoms with Crippen LogP contribution < -0.4 is 15.5 Å². The fourth-order valence-corrected chi connectivity index (χ4v) is 3.75. The highest BCUT2D eigenvalue weighted by molar-refractivity contribution is 9.10. The predicted octanol–water partition coefficient (Wildman–Crippen LogP) is 6.94. The van der Waals surface area contributed by atoms with E-state index in [0.29, 0.717) is 26.9 Å². The summed E-state index contributed by atoms with van der Waals surface area (Å²) >= 11 is 15.8. The zero-order valence-electron chi connectivity index (χ0n) is 16.7. The van der Waals surface area contributed by atoms with Gasteiger partial charge in [-0.25, -0.2) is 0 Å². The van der Waals surface area contributed by atoms with E-state index in [1.54, 1.807) is 67.6 Å². The summed E-state index contributed by atoms with van der Waals surface area (Å²) < 4.78 is 12.8. The summed E-state index contributed by atoms with van der Waals surface area (Å²) in [5.41, 5.74) is 0.941. The first-order chi connectivity index (χ1) is 15.3. The number of benzene rings is 3. The molecule has 1 unspecified atom stereocenters. The molecule has 0 saturated heterocycles. The average molecular weight is 533 g/mol. The smallest absolute Gasteiger partial charge is 0.265 e. The van der Waals surface area contributed by atoms with Crippen LogP contribution in [-0.4, -0.2) is 12.0 Å². The SMILES string of the molecule is CC(Oc1c(-c2ccccc2Cl)oc2ccc(Cl)cc2c1=O)C(=O)Nc1ccc(Br)cc1. The Morgan fingerprint density at radius 1 is 1.06 bits per heavy atom. The van der Waals surface area contributed by atoms with E-state index < -0.39 is 17.4 Å². The molecule has 4 aromatic rings. The minimum atomic E-state index is -1.00. The third-order valence-electron chi connectivity index (χ3n) is 4.70. The Bertz CT molecular complexity index is 1370. The lowest BCUT2D eigenvalue weighted by atomic mass is 10.1. The average Bonchev–Trinajstić information content (AvgIpc) is 2.78. The lowest BCUT2D eigenvalue weighted by Gasteiger charge is -2.17. The van der Waals surface area contributed by atoms with Crippen LogP contribution in [0.2, 0.25) is 10.0 Å². The highest BCUT2D eigenvalue weighted by Gasteiger charge is 2.24. The van der Waals surface area contributed by atoms with Gasteiger partial charge in [0.1, 0.15) is 5.58 Å². The zero-order chi connectivity index (χ0) is 22.8. The molecule has 1 aromatic heterocycles. The van der Waals surface area contributed by atoms with Crippen LogP contribution in [0.4, 0.5) is 5.69 Å². The molecule has 0 aliphatic rings. The van der Waals surface area contributed by atoms with Gasteiger partial charge in [-0.15, -0.1) is 0 Å². The van der Waals surface area contributed by atoms with Crippen LogP contribution in [0.3, 0.4) is 0 Å². The minimum absolute atomic E-state index is 0.119. The Balaban J connectivity index is 1.76. The summed E-state index contributed by atoms with van der Waals surface area (Å²) in [4.78, 5) is 26.0. The Morgan fingerprint density at radius 2 is 1.78 bits per heavy atom. The summed E-state index contributed by atoms with van der Waals surface area (Å²) in [6.45, 7) is 1.55. The molecule has 0 saturated carbocycles. The van der Waals surface area contributed by atoms with Crippen molar-refractivity contribution in [3.8, 4) is 17.1 Å². The normalized spacial score (nSPS) is 11.9. The van der Waals surface area contributed by atoms with Crippen LogP contribution in [0, 0.1) is 0 Å². The first-order valence-electron chi connectivity index (χ1n) is 9.58. The molecule has 0 aliphatic heterocycles. The van der Waals surface area contributed by atoms with E-state index in [4.69, 9.17) is 32.4 Å². The molecule has 5 nitrogen and oxygen atoms in total. The molecule has 3 aromatic carbocycles. The molecule has 162 valence electrons. The van der Waals surface area contributed by atoms with Gasteiger partial charge >= 0.3 is 0 Å². The van der Waals surface area contributed by atoms with Gasteiger partial charge in [0.05, 0.1) is 10.4 Å². The maximum atomic E-state index is 13.3. The van der Waals surface area contributed by atoms with Gasteiger partial charge in [-0.1, -0.05) is 51.3 Å². The van der Waals surface area contributed by atoms with E-state index in [0.717, 1.165) is 4.47 Å². The maximum Gasteiger partial charge on any atom is 0.265 e. The van der Waals surface area contributed by atoms with E-state index in [9.17, 15) is 9.59 Å². The molecule has 32 heavy (non-hydrogen) atoms.